The summed E-state index contributed by atoms with van der Waals surface area (Å²) in [6.07, 6.45) is 0. The first-order valence-electron chi connectivity index (χ1n) is 7.70. The second-order valence-corrected chi connectivity index (χ2v) is 6.35. The summed E-state index contributed by atoms with van der Waals surface area (Å²) in [7, 11) is 0. The summed E-state index contributed by atoms with van der Waals surface area (Å²) in [4.78, 5) is 0.939. The first-order valence-corrected chi connectivity index (χ1v) is 8.51. The van der Waals surface area contributed by atoms with Gasteiger partial charge in [0.1, 0.15) is 23.6 Å². The highest BCUT2D eigenvalue weighted by Gasteiger charge is 2.15. The molecule has 1 heterocycles. The molecule has 0 saturated carbocycles. The molecular formula is C22H10N2O2S. The number of aromatic hydroxyl groups is 2. The quantitative estimate of drug-likeness (QED) is 0.594. The van der Waals surface area contributed by atoms with E-state index in [1.165, 1.54) is 35.6 Å². The highest BCUT2D eigenvalue weighted by atomic mass is 32.1. The summed E-state index contributed by atoms with van der Waals surface area (Å²) < 4.78 is 0. The highest BCUT2D eigenvalue weighted by Crippen LogP contribution is 2.26. The number of benzene rings is 2. The molecule has 1 aromatic heterocycles. The maximum atomic E-state index is 9.42. The molecule has 4 nitrogen and oxygen atoms in total. The van der Waals surface area contributed by atoms with Crippen molar-refractivity contribution in [3.63, 3.8) is 0 Å². The van der Waals surface area contributed by atoms with E-state index < -0.39 is 0 Å². The number of nitrogens with zero attached hydrogens (tertiary/aromatic N) is 2. The number of hydrogen-bond donors (Lipinski definition) is 2. The minimum absolute atomic E-state index is 0.146. The highest BCUT2D eigenvalue weighted by molar-refractivity contribution is 7.13. The second kappa shape index (κ2) is 7.81. The molecule has 3 rings (SSSR count). The van der Waals surface area contributed by atoms with E-state index in [1.807, 2.05) is 12.1 Å². The van der Waals surface area contributed by atoms with Crippen molar-refractivity contribution >= 4 is 11.3 Å². The molecule has 0 bridgehead atoms. The van der Waals surface area contributed by atoms with Crippen molar-refractivity contribution in [1.82, 2.24) is 0 Å². The van der Waals surface area contributed by atoms with Crippen molar-refractivity contribution in [2.45, 2.75) is 0 Å². The number of phenols is 2. The number of nitriles is 2. The van der Waals surface area contributed by atoms with E-state index in [-0.39, 0.29) is 22.6 Å². The summed E-state index contributed by atoms with van der Waals surface area (Å²) in [6, 6.07) is 16.8. The molecule has 0 unspecified atom stereocenters. The molecule has 0 saturated heterocycles. The lowest BCUT2D eigenvalue weighted by Gasteiger charge is -1.90. The standard InChI is InChI=1S/C22H10N2O2S/c23-13-19-20(14-24)22(12-6-16-3-9-18(26)10-4-16)27-21(19)11-5-15-1-7-17(25)8-2-15/h1-4,7-10,25-26H. The van der Waals surface area contributed by atoms with E-state index in [2.05, 4.69) is 23.7 Å². The Hall–Kier alpha value is -4.16. The molecule has 0 aliphatic heterocycles. The number of phenolic OH excluding ortho intramolecular Hbond substituents is 2. The van der Waals surface area contributed by atoms with Crippen LogP contribution in [0.1, 0.15) is 32.0 Å². The van der Waals surface area contributed by atoms with Gasteiger partial charge in [0, 0.05) is 11.1 Å². The first kappa shape index (κ1) is 17.7. The van der Waals surface area contributed by atoms with Crippen LogP contribution in [0.15, 0.2) is 48.5 Å². The van der Waals surface area contributed by atoms with Crippen molar-refractivity contribution in [1.29, 1.82) is 10.5 Å². The first-order chi connectivity index (χ1) is 13.1. The predicted molar refractivity (Wildman–Crippen MR) is 102 cm³/mol. The van der Waals surface area contributed by atoms with Gasteiger partial charge in [0.05, 0.1) is 20.9 Å². The van der Waals surface area contributed by atoms with Crippen LogP contribution in [0.4, 0.5) is 0 Å². The Morgan fingerprint density at radius 2 is 0.963 bits per heavy atom. The normalized spacial score (nSPS) is 9.11. The van der Waals surface area contributed by atoms with E-state index in [1.54, 1.807) is 24.3 Å². The van der Waals surface area contributed by atoms with Crippen LogP contribution in [0.25, 0.3) is 0 Å². The minimum Gasteiger partial charge on any atom is -0.508 e. The predicted octanol–water partition coefficient (Wildman–Crippen LogP) is 3.70. The van der Waals surface area contributed by atoms with E-state index >= 15 is 0 Å². The SMILES string of the molecule is N#Cc1c(C#Cc2ccc(O)cc2)sc(C#Cc2ccc(O)cc2)c1C#N. The summed E-state index contributed by atoms with van der Waals surface area (Å²) >= 11 is 1.19. The molecule has 0 fully saturated rings. The number of hydrogen-bond acceptors (Lipinski definition) is 5. The summed E-state index contributed by atoms with van der Waals surface area (Å²) in [6.45, 7) is 0. The Morgan fingerprint density at radius 1 is 0.593 bits per heavy atom. The molecule has 2 N–H and O–H groups in total. The van der Waals surface area contributed by atoms with Gasteiger partial charge in [0.2, 0.25) is 0 Å². The largest absolute Gasteiger partial charge is 0.508 e. The van der Waals surface area contributed by atoms with Crippen molar-refractivity contribution in [2.24, 2.45) is 0 Å². The third kappa shape index (κ3) is 4.09. The maximum absolute atomic E-state index is 9.42. The van der Waals surface area contributed by atoms with Crippen molar-refractivity contribution in [3.8, 4) is 47.3 Å². The summed E-state index contributed by atoms with van der Waals surface area (Å²) in [5, 5.41) is 37.5. The third-order valence-corrected chi connectivity index (χ3v) is 4.53. The van der Waals surface area contributed by atoms with Crippen molar-refractivity contribution in [3.05, 3.63) is 80.5 Å². The fourth-order valence-corrected chi connectivity index (χ4v) is 3.08. The molecule has 126 valence electrons. The molecule has 0 spiro atoms. The van der Waals surface area contributed by atoms with E-state index in [9.17, 15) is 20.7 Å². The van der Waals surface area contributed by atoms with E-state index in [4.69, 9.17) is 0 Å². The summed E-state index contributed by atoms with van der Waals surface area (Å²) in [5.74, 6) is 12.0. The molecule has 0 radical (unpaired) electrons. The molecule has 27 heavy (non-hydrogen) atoms. The molecule has 2 aromatic carbocycles. The van der Waals surface area contributed by atoms with Crippen molar-refractivity contribution < 1.29 is 10.2 Å². The molecule has 0 atom stereocenters. The Balaban J connectivity index is 2.00. The molecule has 0 aliphatic carbocycles. The van der Waals surface area contributed by atoms with E-state index in [0.29, 0.717) is 20.9 Å². The molecule has 0 aliphatic rings. The zero-order valence-electron chi connectivity index (χ0n) is 13.8. The zero-order chi connectivity index (χ0) is 19.2. The van der Waals surface area contributed by atoms with Crippen molar-refractivity contribution in [2.75, 3.05) is 0 Å². The van der Waals surface area contributed by atoms with Gasteiger partial charge in [-0.1, -0.05) is 11.8 Å². The third-order valence-electron chi connectivity index (χ3n) is 3.51. The average Bonchev–Trinajstić information content (AvgIpc) is 3.03. The fraction of sp³-hybridized carbons (Fsp3) is 0. The molecule has 0 amide bonds. The monoisotopic (exact) mass is 366 g/mol. The van der Waals surface area contributed by atoms with E-state index in [0.717, 1.165) is 0 Å². The van der Waals surface area contributed by atoms with Crippen LogP contribution in [0.2, 0.25) is 0 Å². The zero-order valence-corrected chi connectivity index (χ0v) is 14.6. The van der Waals surface area contributed by atoms with Crippen LogP contribution in [-0.2, 0) is 0 Å². The van der Waals surface area contributed by atoms with Gasteiger partial charge in [-0.2, -0.15) is 10.5 Å². The van der Waals surface area contributed by atoms with Gasteiger partial charge in [-0.25, -0.2) is 0 Å². The topological polar surface area (TPSA) is 88.0 Å². The van der Waals surface area contributed by atoms with Gasteiger partial charge in [-0.15, -0.1) is 11.3 Å². The Labute approximate surface area is 160 Å². The second-order valence-electron chi connectivity index (χ2n) is 5.33. The van der Waals surface area contributed by atoms with Crippen LogP contribution in [-0.4, -0.2) is 10.2 Å². The smallest absolute Gasteiger partial charge is 0.115 e. The Kier molecular flexibility index (Phi) is 5.11. The van der Waals surface area contributed by atoms with Gasteiger partial charge in [-0.3, -0.25) is 0 Å². The van der Waals surface area contributed by atoms with Crippen LogP contribution in [0.5, 0.6) is 11.5 Å². The van der Waals surface area contributed by atoms with Crippen LogP contribution >= 0.6 is 11.3 Å². The molecule has 5 heteroatoms. The van der Waals surface area contributed by atoms with Gasteiger partial charge in [-0.05, 0) is 60.4 Å². The van der Waals surface area contributed by atoms with Gasteiger partial charge in [0.25, 0.3) is 0 Å². The molecular weight excluding hydrogens is 356 g/mol. The van der Waals surface area contributed by atoms with Gasteiger partial charge >= 0.3 is 0 Å². The average molecular weight is 366 g/mol. The van der Waals surface area contributed by atoms with Gasteiger partial charge in [0.15, 0.2) is 0 Å². The van der Waals surface area contributed by atoms with Gasteiger partial charge < -0.3 is 10.2 Å². The Bertz CT molecular complexity index is 1110. The minimum atomic E-state index is 0.146. The van der Waals surface area contributed by atoms with Crippen LogP contribution in [0, 0.1) is 46.3 Å². The number of thiophene rings is 1. The lowest BCUT2D eigenvalue weighted by molar-refractivity contribution is 0.474. The lowest BCUT2D eigenvalue weighted by atomic mass is 10.1. The lowest BCUT2D eigenvalue weighted by Crippen LogP contribution is -1.82. The fourth-order valence-electron chi connectivity index (χ4n) is 2.17. The Morgan fingerprint density at radius 3 is 1.30 bits per heavy atom. The maximum Gasteiger partial charge on any atom is 0.115 e. The summed E-state index contributed by atoms with van der Waals surface area (Å²) in [5.41, 5.74) is 1.79. The van der Waals surface area contributed by atoms with Crippen LogP contribution in [0.3, 0.4) is 0 Å². The van der Waals surface area contributed by atoms with Crippen LogP contribution < -0.4 is 0 Å². The molecule has 3 aromatic rings. The number of rotatable bonds is 0.